The van der Waals surface area contributed by atoms with Gasteiger partial charge in [0.05, 0.1) is 0 Å². The van der Waals surface area contributed by atoms with Gasteiger partial charge in [-0.25, -0.2) is 0 Å². The van der Waals surface area contributed by atoms with Crippen LogP contribution in [0, 0.1) is 0 Å². The summed E-state index contributed by atoms with van der Waals surface area (Å²) in [5.41, 5.74) is 7.87. The Balaban J connectivity index is 4.27. The average Bonchev–Trinajstić information content (AvgIpc) is 2.26. The molecule has 0 bridgehead atoms. The van der Waals surface area contributed by atoms with Crippen molar-refractivity contribution in [3.63, 3.8) is 0 Å². The fourth-order valence-electron chi connectivity index (χ4n) is 1.34. The van der Waals surface area contributed by atoms with E-state index in [0.717, 1.165) is 31.3 Å². The number of aliphatic hydroxyl groups excluding tert-OH is 1. The van der Waals surface area contributed by atoms with Crippen LogP contribution in [0.1, 0.15) is 32.6 Å². The van der Waals surface area contributed by atoms with Gasteiger partial charge in [0.1, 0.15) is 0 Å². The Kier molecular flexibility index (Phi) is 9.13. The average molecular weight is 209 g/mol. The number of nitrogens with two attached hydrogens (primary N) is 1. The zero-order chi connectivity index (χ0) is 11.5. The number of aliphatic hydroxyl groups is 1. The molecule has 0 aromatic heterocycles. The molecule has 0 aliphatic rings. The second-order valence-corrected chi connectivity index (χ2v) is 3.54. The van der Waals surface area contributed by atoms with Gasteiger partial charge in [-0.2, -0.15) is 0 Å². The summed E-state index contributed by atoms with van der Waals surface area (Å²) < 4.78 is 0. The first-order valence-corrected chi connectivity index (χ1v) is 5.57. The maximum atomic E-state index is 8.75. The molecule has 0 saturated heterocycles. The van der Waals surface area contributed by atoms with Gasteiger partial charge in [-0.3, -0.25) is 0 Å². The van der Waals surface area contributed by atoms with Crippen LogP contribution in [0.15, 0.2) is 36.0 Å². The van der Waals surface area contributed by atoms with Gasteiger partial charge in [-0.05, 0) is 44.7 Å². The van der Waals surface area contributed by atoms with Crippen LogP contribution in [0.25, 0.3) is 0 Å². The minimum Gasteiger partial charge on any atom is -0.396 e. The Bertz CT molecular complexity index is 229. The molecular weight excluding hydrogens is 186 g/mol. The highest BCUT2D eigenvalue weighted by Crippen LogP contribution is 2.18. The lowest BCUT2D eigenvalue weighted by atomic mass is 9.98. The topological polar surface area (TPSA) is 46.2 Å². The molecule has 0 radical (unpaired) electrons. The Hall–Kier alpha value is -0.860. The Morgan fingerprint density at radius 3 is 2.60 bits per heavy atom. The highest BCUT2D eigenvalue weighted by Gasteiger charge is 2.01. The predicted molar refractivity (Wildman–Crippen MR) is 66.6 cm³/mol. The van der Waals surface area contributed by atoms with E-state index < -0.39 is 0 Å². The van der Waals surface area contributed by atoms with Gasteiger partial charge in [-0.15, -0.1) is 0 Å². The summed E-state index contributed by atoms with van der Waals surface area (Å²) in [5.74, 6) is 0. The highest BCUT2D eigenvalue weighted by molar-refractivity contribution is 5.31. The van der Waals surface area contributed by atoms with Crippen LogP contribution in [0.2, 0.25) is 0 Å². The Labute approximate surface area is 93.2 Å². The van der Waals surface area contributed by atoms with E-state index in [-0.39, 0.29) is 6.61 Å². The first-order chi connectivity index (χ1) is 7.26. The van der Waals surface area contributed by atoms with Crippen LogP contribution < -0.4 is 5.73 Å². The summed E-state index contributed by atoms with van der Waals surface area (Å²) in [7, 11) is 0. The predicted octanol–water partition coefficient (Wildman–Crippen LogP) is 2.56. The molecule has 3 N–H and O–H groups in total. The smallest absolute Gasteiger partial charge is 0.0434 e. The van der Waals surface area contributed by atoms with Crippen LogP contribution in [0.3, 0.4) is 0 Å². The number of allylic oxidation sites excluding steroid dienone is 5. The van der Waals surface area contributed by atoms with Crippen LogP contribution >= 0.6 is 0 Å². The van der Waals surface area contributed by atoms with Crippen molar-refractivity contribution in [1.29, 1.82) is 0 Å². The van der Waals surface area contributed by atoms with E-state index in [1.54, 1.807) is 0 Å². The second-order valence-electron chi connectivity index (χ2n) is 3.54. The molecule has 0 aliphatic carbocycles. The Morgan fingerprint density at radius 2 is 2.07 bits per heavy atom. The molecule has 0 rings (SSSR count). The molecular formula is C13H23NO. The molecule has 15 heavy (non-hydrogen) atoms. The van der Waals surface area contributed by atoms with Crippen LogP contribution in [-0.4, -0.2) is 18.3 Å². The van der Waals surface area contributed by atoms with Gasteiger partial charge in [0.2, 0.25) is 0 Å². The zero-order valence-electron chi connectivity index (χ0n) is 9.71. The van der Waals surface area contributed by atoms with Crippen molar-refractivity contribution in [1.82, 2.24) is 0 Å². The van der Waals surface area contributed by atoms with E-state index in [1.165, 1.54) is 5.57 Å². The Morgan fingerprint density at radius 1 is 1.33 bits per heavy atom. The van der Waals surface area contributed by atoms with E-state index in [2.05, 4.69) is 12.7 Å². The normalized spacial score (nSPS) is 12.3. The summed E-state index contributed by atoms with van der Waals surface area (Å²) in [6.07, 6.45) is 9.73. The third-order valence-electron chi connectivity index (χ3n) is 2.23. The first-order valence-electron chi connectivity index (χ1n) is 5.57. The van der Waals surface area contributed by atoms with Crippen LogP contribution in [0.4, 0.5) is 0 Å². The van der Waals surface area contributed by atoms with Crippen molar-refractivity contribution in [2.75, 3.05) is 13.2 Å². The van der Waals surface area contributed by atoms with Crippen molar-refractivity contribution in [2.24, 2.45) is 5.73 Å². The molecule has 0 aromatic carbocycles. The molecule has 0 heterocycles. The number of rotatable bonds is 8. The SMILES string of the molecule is C=C(CCCO)/C(=C\C=C/C)CCCN. The maximum absolute atomic E-state index is 8.75. The molecule has 0 aromatic rings. The van der Waals surface area contributed by atoms with Gasteiger partial charge >= 0.3 is 0 Å². The summed E-state index contributed by atoms with van der Waals surface area (Å²) >= 11 is 0. The lowest BCUT2D eigenvalue weighted by Crippen LogP contribution is -2.00. The summed E-state index contributed by atoms with van der Waals surface area (Å²) in [6, 6.07) is 0. The largest absolute Gasteiger partial charge is 0.396 e. The quantitative estimate of drug-likeness (QED) is 0.603. The van der Waals surface area contributed by atoms with Crippen molar-refractivity contribution >= 4 is 0 Å². The lowest BCUT2D eigenvalue weighted by molar-refractivity contribution is 0.288. The maximum Gasteiger partial charge on any atom is 0.0434 e. The summed E-state index contributed by atoms with van der Waals surface area (Å²) in [6.45, 7) is 6.98. The van der Waals surface area contributed by atoms with Gasteiger partial charge in [0, 0.05) is 6.61 Å². The minimum absolute atomic E-state index is 0.229. The van der Waals surface area contributed by atoms with Gasteiger partial charge in [0.15, 0.2) is 0 Å². The standard InChI is InChI=1S/C13H23NO/c1-3-4-8-13(9-5-10-14)12(2)7-6-11-15/h3-4,8,15H,2,5-7,9-11,14H2,1H3/b4-3-,13-8-. The molecule has 2 heteroatoms. The van der Waals surface area contributed by atoms with Crippen molar-refractivity contribution in [3.05, 3.63) is 36.0 Å². The van der Waals surface area contributed by atoms with Crippen LogP contribution in [-0.2, 0) is 0 Å². The van der Waals surface area contributed by atoms with Crippen molar-refractivity contribution in [2.45, 2.75) is 32.6 Å². The van der Waals surface area contributed by atoms with E-state index in [9.17, 15) is 0 Å². The molecule has 0 saturated carbocycles. The van der Waals surface area contributed by atoms with Crippen molar-refractivity contribution < 1.29 is 5.11 Å². The monoisotopic (exact) mass is 209 g/mol. The molecule has 86 valence electrons. The molecule has 0 spiro atoms. The van der Waals surface area contributed by atoms with E-state index in [4.69, 9.17) is 10.8 Å². The molecule has 0 fully saturated rings. The first kappa shape index (κ1) is 14.1. The van der Waals surface area contributed by atoms with Gasteiger partial charge in [0.25, 0.3) is 0 Å². The fraction of sp³-hybridized carbons (Fsp3) is 0.538. The van der Waals surface area contributed by atoms with E-state index in [0.29, 0.717) is 6.54 Å². The van der Waals surface area contributed by atoms with Gasteiger partial charge in [-0.1, -0.05) is 30.4 Å². The molecule has 0 unspecified atom stereocenters. The van der Waals surface area contributed by atoms with E-state index >= 15 is 0 Å². The zero-order valence-corrected chi connectivity index (χ0v) is 9.71. The molecule has 0 atom stereocenters. The molecule has 2 nitrogen and oxygen atoms in total. The van der Waals surface area contributed by atoms with Gasteiger partial charge < -0.3 is 10.8 Å². The van der Waals surface area contributed by atoms with E-state index in [1.807, 2.05) is 19.1 Å². The van der Waals surface area contributed by atoms with Crippen molar-refractivity contribution in [3.8, 4) is 0 Å². The number of hydrogen-bond donors (Lipinski definition) is 2. The third-order valence-corrected chi connectivity index (χ3v) is 2.23. The van der Waals surface area contributed by atoms with Crippen LogP contribution in [0.5, 0.6) is 0 Å². The number of hydrogen-bond acceptors (Lipinski definition) is 2. The molecule has 0 aliphatic heterocycles. The third kappa shape index (κ3) is 7.11. The summed E-state index contributed by atoms with van der Waals surface area (Å²) in [5, 5.41) is 8.75. The fourth-order valence-corrected chi connectivity index (χ4v) is 1.34. The minimum atomic E-state index is 0.229. The molecule has 0 amide bonds. The summed E-state index contributed by atoms with van der Waals surface area (Å²) in [4.78, 5) is 0. The second kappa shape index (κ2) is 9.69. The highest BCUT2D eigenvalue weighted by atomic mass is 16.2. The lowest BCUT2D eigenvalue weighted by Gasteiger charge is -2.09.